The van der Waals surface area contributed by atoms with Gasteiger partial charge in [-0.25, -0.2) is 0 Å². The summed E-state index contributed by atoms with van der Waals surface area (Å²) >= 11 is 0. The lowest BCUT2D eigenvalue weighted by Gasteiger charge is -2.44. The Balaban J connectivity index is 1.42. The first kappa shape index (κ1) is 12.2. The van der Waals surface area contributed by atoms with Crippen LogP contribution in [0.3, 0.4) is 0 Å². The molecule has 1 amide bonds. The maximum absolute atomic E-state index is 11.8. The van der Waals surface area contributed by atoms with Crippen LogP contribution in [0.2, 0.25) is 0 Å². The average molecular weight is 248 g/mol. The number of nitrogens with zero attached hydrogens (tertiary/aromatic N) is 2. The highest BCUT2D eigenvalue weighted by atomic mass is 16.2. The Bertz CT molecular complexity index is 323. The van der Waals surface area contributed by atoms with Crippen molar-refractivity contribution in [1.29, 1.82) is 0 Å². The van der Waals surface area contributed by atoms with Crippen LogP contribution < -0.4 is 0 Å². The van der Waals surface area contributed by atoms with E-state index < -0.39 is 0 Å². The fourth-order valence-corrected chi connectivity index (χ4v) is 3.84. The van der Waals surface area contributed by atoms with E-state index in [0.29, 0.717) is 18.4 Å². The first-order chi connectivity index (χ1) is 8.78. The Morgan fingerprint density at radius 1 is 1.17 bits per heavy atom. The summed E-state index contributed by atoms with van der Waals surface area (Å²) in [4.78, 5) is 16.5. The van der Waals surface area contributed by atoms with Crippen molar-refractivity contribution < 1.29 is 4.79 Å². The van der Waals surface area contributed by atoms with E-state index in [0.717, 1.165) is 31.3 Å². The van der Waals surface area contributed by atoms with Gasteiger partial charge >= 0.3 is 0 Å². The summed E-state index contributed by atoms with van der Waals surface area (Å²) in [5.74, 6) is 2.25. The van der Waals surface area contributed by atoms with Gasteiger partial charge < -0.3 is 4.90 Å². The Kier molecular flexibility index (Phi) is 3.42. The SMILES string of the molecule is C=CCCC(=O)N1CC(N2CC3CCCC3C2)C1. The second-order valence-corrected chi connectivity index (χ2v) is 6.18. The monoisotopic (exact) mass is 248 g/mol. The number of allylic oxidation sites excluding steroid dienone is 1. The lowest BCUT2D eigenvalue weighted by molar-refractivity contribution is -0.138. The number of carbonyl (C=O) groups is 1. The molecule has 0 N–H and O–H groups in total. The molecule has 100 valence electrons. The molecule has 0 radical (unpaired) electrons. The van der Waals surface area contributed by atoms with E-state index in [4.69, 9.17) is 0 Å². The number of hydrogen-bond donors (Lipinski definition) is 0. The van der Waals surface area contributed by atoms with Crippen molar-refractivity contribution in [1.82, 2.24) is 9.80 Å². The molecule has 18 heavy (non-hydrogen) atoms. The fraction of sp³-hybridized carbons (Fsp3) is 0.800. The third-order valence-electron chi connectivity index (χ3n) is 5.05. The summed E-state index contributed by atoms with van der Waals surface area (Å²) in [6.07, 6.45) is 7.61. The van der Waals surface area contributed by atoms with Gasteiger partial charge in [0.1, 0.15) is 0 Å². The van der Waals surface area contributed by atoms with Crippen molar-refractivity contribution in [2.24, 2.45) is 11.8 Å². The van der Waals surface area contributed by atoms with E-state index in [1.54, 1.807) is 0 Å². The van der Waals surface area contributed by atoms with E-state index in [2.05, 4.69) is 11.5 Å². The predicted octanol–water partition coefficient (Wildman–Crippen LogP) is 1.90. The van der Waals surface area contributed by atoms with Crippen LogP contribution >= 0.6 is 0 Å². The molecule has 0 aromatic carbocycles. The minimum absolute atomic E-state index is 0.311. The van der Waals surface area contributed by atoms with E-state index in [-0.39, 0.29) is 0 Å². The lowest BCUT2D eigenvalue weighted by Crippen LogP contribution is -2.60. The third kappa shape index (κ3) is 2.20. The first-order valence-electron chi connectivity index (χ1n) is 7.40. The van der Waals surface area contributed by atoms with E-state index in [1.807, 2.05) is 11.0 Å². The Morgan fingerprint density at radius 3 is 2.44 bits per heavy atom. The molecule has 3 heteroatoms. The van der Waals surface area contributed by atoms with Gasteiger partial charge in [-0.05, 0) is 31.1 Å². The smallest absolute Gasteiger partial charge is 0.222 e. The zero-order chi connectivity index (χ0) is 12.5. The summed E-state index contributed by atoms with van der Waals surface area (Å²) in [6, 6.07) is 0.656. The van der Waals surface area contributed by atoms with Gasteiger partial charge in [-0.1, -0.05) is 12.5 Å². The standard InChI is InChI=1S/C15H24N2O/c1-2-3-7-15(18)17-10-14(11-17)16-8-12-5-4-6-13(12)9-16/h2,12-14H,1,3-11H2. The van der Waals surface area contributed by atoms with Gasteiger partial charge in [0.25, 0.3) is 0 Å². The Hall–Kier alpha value is -0.830. The van der Waals surface area contributed by atoms with Crippen LogP contribution in [-0.4, -0.2) is 47.9 Å². The molecular formula is C15H24N2O. The van der Waals surface area contributed by atoms with Gasteiger partial charge in [0.15, 0.2) is 0 Å². The second kappa shape index (κ2) is 5.04. The minimum atomic E-state index is 0.311. The molecule has 1 aliphatic carbocycles. The first-order valence-corrected chi connectivity index (χ1v) is 7.40. The lowest BCUT2D eigenvalue weighted by atomic mass is 10.0. The number of rotatable bonds is 4. The molecule has 2 heterocycles. The van der Waals surface area contributed by atoms with Crippen molar-refractivity contribution in [2.75, 3.05) is 26.2 Å². The van der Waals surface area contributed by atoms with Crippen LogP contribution in [0.25, 0.3) is 0 Å². The van der Waals surface area contributed by atoms with Crippen LogP contribution in [0.4, 0.5) is 0 Å². The summed E-state index contributed by atoms with van der Waals surface area (Å²) in [7, 11) is 0. The molecule has 3 nitrogen and oxygen atoms in total. The minimum Gasteiger partial charge on any atom is -0.339 e. The highest BCUT2D eigenvalue weighted by Crippen LogP contribution is 2.39. The van der Waals surface area contributed by atoms with Gasteiger partial charge in [-0.15, -0.1) is 6.58 Å². The van der Waals surface area contributed by atoms with Gasteiger partial charge in [0, 0.05) is 38.6 Å². The highest BCUT2D eigenvalue weighted by molar-refractivity contribution is 5.77. The second-order valence-electron chi connectivity index (χ2n) is 6.18. The zero-order valence-electron chi connectivity index (χ0n) is 11.2. The molecule has 1 saturated carbocycles. The molecule has 2 unspecified atom stereocenters. The molecule has 0 aromatic rings. The molecular weight excluding hydrogens is 224 g/mol. The normalized spacial score (nSPS) is 32.3. The maximum atomic E-state index is 11.8. The van der Waals surface area contributed by atoms with Crippen molar-refractivity contribution in [3.8, 4) is 0 Å². The Morgan fingerprint density at radius 2 is 1.83 bits per heavy atom. The number of amides is 1. The van der Waals surface area contributed by atoms with Gasteiger partial charge in [-0.3, -0.25) is 9.69 Å². The van der Waals surface area contributed by atoms with Gasteiger partial charge in [-0.2, -0.15) is 0 Å². The molecule has 2 atom stereocenters. The summed E-state index contributed by atoms with van der Waals surface area (Å²) in [5.41, 5.74) is 0. The van der Waals surface area contributed by atoms with Crippen LogP contribution in [0, 0.1) is 11.8 Å². The van der Waals surface area contributed by atoms with Gasteiger partial charge in [0.05, 0.1) is 0 Å². The van der Waals surface area contributed by atoms with Crippen molar-refractivity contribution in [3.63, 3.8) is 0 Å². The van der Waals surface area contributed by atoms with Crippen LogP contribution in [-0.2, 0) is 4.79 Å². The van der Waals surface area contributed by atoms with Crippen LogP contribution in [0.15, 0.2) is 12.7 Å². The van der Waals surface area contributed by atoms with E-state index in [9.17, 15) is 4.79 Å². The Labute approximate surface area is 110 Å². The summed E-state index contributed by atoms with van der Waals surface area (Å²) < 4.78 is 0. The average Bonchev–Trinajstić information content (AvgIpc) is 2.84. The number of carbonyl (C=O) groups excluding carboxylic acids is 1. The van der Waals surface area contributed by atoms with Crippen molar-refractivity contribution >= 4 is 5.91 Å². The van der Waals surface area contributed by atoms with Crippen LogP contribution in [0.1, 0.15) is 32.1 Å². The molecule has 3 fully saturated rings. The number of likely N-dealkylation sites (tertiary alicyclic amines) is 2. The quantitative estimate of drug-likeness (QED) is 0.709. The number of fused-ring (bicyclic) bond motifs is 1. The molecule has 2 saturated heterocycles. The topological polar surface area (TPSA) is 23.6 Å². The molecule has 3 rings (SSSR count). The molecule has 2 aliphatic heterocycles. The fourth-order valence-electron chi connectivity index (χ4n) is 3.84. The van der Waals surface area contributed by atoms with Gasteiger partial charge in [0.2, 0.25) is 5.91 Å². The largest absolute Gasteiger partial charge is 0.339 e. The predicted molar refractivity (Wildman–Crippen MR) is 72.2 cm³/mol. The van der Waals surface area contributed by atoms with Crippen LogP contribution in [0.5, 0.6) is 0 Å². The molecule has 0 bridgehead atoms. The molecule has 0 aromatic heterocycles. The van der Waals surface area contributed by atoms with E-state index in [1.165, 1.54) is 32.4 Å². The summed E-state index contributed by atoms with van der Waals surface area (Å²) in [6.45, 7) is 8.19. The molecule has 3 aliphatic rings. The maximum Gasteiger partial charge on any atom is 0.222 e. The highest BCUT2D eigenvalue weighted by Gasteiger charge is 2.42. The molecule has 0 spiro atoms. The van der Waals surface area contributed by atoms with Crippen molar-refractivity contribution in [2.45, 2.75) is 38.1 Å². The number of hydrogen-bond acceptors (Lipinski definition) is 2. The summed E-state index contributed by atoms with van der Waals surface area (Å²) in [5, 5.41) is 0. The third-order valence-corrected chi connectivity index (χ3v) is 5.05. The van der Waals surface area contributed by atoms with Crippen molar-refractivity contribution in [3.05, 3.63) is 12.7 Å². The zero-order valence-corrected chi connectivity index (χ0v) is 11.2. The van der Waals surface area contributed by atoms with E-state index >= 15 is 0 Å².